The summed E-state index contributed by atoms with van der Waals surface area (Å²) >= 11 is 0. The normalized spacial score (nSPS) is 11.0. The van der Waals surface area contributed by atoms with Gasteiger partial charge in [-0.2, -0.15) is 0 Å². The first kappa shape index (κ1) is 17.7. The molecule has 0 saturated heterocycles. The van der Waals surface area contributed by atoms with Crippen LogP contribution >= 0.6 is 0 Å². The lowest BCUT2D eigenvalue weighted by molar-refractivity contribution is 1.40. The fourth-order valence-corrected chi connectivity index (χ4v) is 3.03. The molecule has 122 valence electrons. The summed E-state index contributed by atoms with van der Waals surface area (Å²) < 4.78 is 0. The lowest BCUT2D eigenvalue weighted by atomic mass is 9.88. The second-order valence-electron chi connectivity index (χ2n) is 5.93. The van der Waals surface area contributed by atoms with E-state index < -0.39 is 0 Å². The maximum atomic E-state index is 2.22. The van der Waals surface area contributed by atoms with Crippen LogP contribution in [-0.4, -0.2) is 0 Å². The largest absolute Gasteiger partial charge is 0.0791 e. The number of aryl methyl sites for hydroxylation is 2. The van der Waals surface area contributed by atoms with Crippen LogP contribution in [0.2, 0.25) is 0 Å². The van der Waals surface area contributed by atoms with Crippen LogP contribution < -0.4 is 0 Å². The molecule has 0 aromatic heterocycles. The van der Waals surface area contributed by atoms with E-state index in [0.29, 0.717) is 0 Å². The molecule has 0 amide bonds. The van der Waals surface area contributed by atoms with Crippen LogP contribution in [0.4, 0.5) is 0 Å². The van der Waals surface area contributed by atoms with Gasteiger partial charge in [0.05, 0.1) is 0 Å². The molecule has 24 heavy (non-hydrogen) atoms. The SMILES string of the molecule is C.C/C=C(\c1ccccc1C)c1ccccc1-c1ccc(C)cc1. The fraction of sp³-hybridized carbons (Fsp3) is 0.167. The van der Waals surface area contributed by atoms with Crippen molar-refractivity contribution >= 4 is 5.57 Å². The van der Waals surface area contributed by atoms with Crippen LogP contribution in [0.15, 0.2) is 78.9 Å². The first-order valence-corrected chi connectivity index (χ1v) is 8.09. The molecule has 3 aromatic rings. The molecule has 0 nitrogen and oxygen atoms in total. The Labute approximate surface area is 146 Å². The topological polar surface area (TPSA) is 0 Å². The molecule has 0 heterocycles. The van der Waals surface area contributed by atoms with Crippen LogP contribution in [0.3, 0.4) is 0 Å². The molecule has 0 aliphatic rings. The molecule has 0 radical (unpaired) electrons. The predicted octanol–water partition coefficient (Wildman–Crippen LogP) is 7.06. The zero-order valence-corrected chi connectivity index (χ0v) is 14.0. The van der Waals surface area contributed by atoms with Crippen molar-refractivity contribution in [2.24, 2.45) is 0 Å². The summed E-state index contributed by atoms with van der Waals surface area (Å²) in [7, 11) is 0. The molecule has 0 unspecified atom stereocenters. The highest BCUT2D eigenvalue weighted by molar-refractivity contribution is 5.89. The van der Waals surface area contributed by atoms with Gasteiger partial charge in [0.25, 0.3) is 0 Å². The number of hydrogen-bond acceptors (Lipinski definition) is 0. The first-order chi connectivity index (χ1) is 11.2. The van der Waals surface area contributed by atoms with Crippen LogP contribution in [0, 0.1) is 13.8 Å². The van der Waals surface area contributed by atoms with Crippen LogP contribution in [0.5, 0.6) is 0 Å². The third-order valence-corrected chi connectivity index (χ3v) is 4.30. The lowest BCUT2D eigenvalue weighted by Crippen LogP contribution is -1.94. The molecule has 0 fully saturated rings. The number of benzene rings is 3. The van der Waals surface area contributed by atoms with Gasteiger partial charge in [-0.3, -0.25) is 0 Å². The Morgan fingerprint density at radius 1 is 0.708 bits per heavy atom. The van der Waals surface area contributed by atoms with Crippen molar-refractivity contribution in [3.05, 3.63) is 101 Å². The van der Waals surface area contributed by atoms with Gasteiger partial charge in [0, 0.05) is 0 Å². The van der Waals surface area contributed by atoms with Crippen LogP contribution in [0.1, 0.15) is 36.6 Å². The molecule has 0 heteroatoms. The Bertz CT molecular complexity index is 836. The van der Waals surface area contributed by atoms with E-state index >= 15 is 0 Å². The average Bonchev–Trinajstić information content (AvgIpc) is 2.58. The summed E-state index contributed by atoms with van der Waals surface area (Å²) in [4.78, 5) is 0. The maximum absolute atomic E-state index is 2.22. The summed E-state index contributed by atoms with van der Waals surface area (Å²) in [6.45, 7) is 6.42. The van der Waals surface area contributed by atoms with E-state index in [4.69, 9.17) is 0 Å². The van der Waals surface area contributed by atoms with Gasteiger partial charge in [-0.1, -0.05) is 91.9 Å². The molecule has 0 aliphatic heterocycles. The number of hydrogen-bond donors (Lipinski definition) is 0. The van der Waals surface area contributed by atoms with Crippen LogP contribution in [0.25, 0.3) is 16.7 Å². The maximum Gasteiger partial charge on any atom is -0.0103 e. The van der Waals surface area contributed by atoms with Crippen molar-refractivity contribution in [1.29, 1.82) is 0 Å². The summed E-state index contributed by atoms with van der Waals surface area (Å²) in [5.41, 5.74) is 9.01. The van der Waals surface area contributed by atoms with Gasteiger partial charge < -0.3 is 0 Å². The molecule has 0 N–H and O–H groups in total. The minimum Gasteiger partial charge on any atom is -0.0791 e. The molecule has 3 rings (SSSR count). The molecular weight excluding hydrogens is 288 g/mol. The van der Waals surface area contributed by atoms with Gasteiger partial charge in [0.1, 0.15) is 0 Å². The van der Waals surface area contributed by atoms with Gasteiger partial charge >= 0.3 is 0 Å². The Morgan fingerprint density at radius 2 is 1.29 bits per heavy atom. The molecule has 0 spiro atoms. The highest BCUT2D eigenvalue weighted by Crippen LogP contribution is 2.33. The van der Waals surface area contributed by atoms with Gasteiger partial charge in [-0.15, -0.1) is 0 Å². The Hall–Kier alpha value is -2.60. The smallest absolute Gasteiger partial charge is 0.0103 e. The zero-order chi connectivity index (χ0) is 16.2. The van der Waals surface area contributed by atoms with Gasteiger partial charge in [0.2, 0.25) is 0 Å². The zero-order valence-electron chi connectivity index (χ0n) is 14.0. The lowest BCUT2D eigenvalue weighted by Gasteiger charge is -2.15. The Kier molecular flexibility index (Phi) is 5.76. The number of rotatable bonds is 3. The number of allylic oxidation sites excluding steroid dienone is 1. The van der Waals surface area contributed by atoms with Crippen molar-refractivity contribution in [3.63, 3.8) is 0 Å². The Morgan fingerprint density at radius 3 is 1.92 bits per heavy atom. The molecule has 3 aromatic carbocycles. The van der Waals surface area contributed by atoms with E-state index in [9.17, 15) is 0 Å². The highest BCUT2D eigenvalue weighted by Gasteiger charge is 2.11. The molecule has 0 aliphatic carbocycles. The summed E-state index contributed by atoms with van der Waals surface area (Å²) in [6, 6.07) is 26.0. The molecule has 0 saturated carbocycles. The van der Waals surface area contributed by atoms with Crippen LogP contribution in [-0.2, 0) is 0 Å². The standard InChI is InChI=1S/C23H22.CH4/c1-4-20(21-10-6-5-9-18(21)3)23-12-8-7-11-22(23)19-15-13-17(2)14-16-19;/h4-16H,1-3H3;1H4/b20-4+;. The summed E-state index contributed by atoms with van der Waals surface area (Å²) in [5.74, 6) is 0. The second kappa shape index (κ2) is 7.79. The minimum absolute atomic E-state index is 0. The summed E-state index contributed by atoms with van der Waals surface area (Å²) in [6.07, 6.45) is 2.22. The van der Waals surface area contributed by atoms with Crippen molar-refractivity contribution < 1.29 is 0 Å². The fourth-order valence-electron chi connectivity index (χ4n) is 3.03. The van der Waals surface area contributed by atoms with E-state index in [2.05, 4.69) is 99.6 Å². The highest BCUT2D eigenvalue weighted by atomic mass is 14.2. The van der Waals surface area contributed by atoms with E-state index in [1.807, 2.05) is 0 Å². The monoisotopic (exact) mass is 314 g/mol. The van der Waals surface area contributed by atoms with E-state index in [1.54, 1.807) is 0 Å². The predicted molar refractivity (Wildman–Crippen MR) is 107 cm³/mol. The van der Waals surface area contributed by atoms with E-state index in [0.717, 1.165) is 0 Å². The summed E-state index contributed by atoms with van der Waals surface area (Å²) in [5, 5.41) is 0. The molecule has 0 bridgehead atoms. The second-order valence-corrected chi connectivity index (χ2v) is 5.93. The van der Waals surface area contributed by atoms with Crippen molar-refractivity contribution in [1.82, 2.24) is 0 Å². The van der Waals surface area contributed by atoms with Gasteiger partial charge in [-0.05, 0) is 54.2 Å². The molecule has 0 atom stereocenters. The third kappa shape index (κ3) is 3.49. The van der Waals surface area contributed by atoms with Crippen molar-refractivity contribution in [2.75, 3.05) is 0 Å². The molecular formula is C24H26. The third-order valence-electron chi connectivity index (χ3n) is 4.30. The first-order valence-electron chi connectivity index (χ1n) is 8.09. The van der Waals surface area contributed by atoms with Gasteiger partial charge in [0.15, 0.2) is 0 Å². The van der Waals surface area contributed by atoms with Crippen molar-refractivity contribution in [2.45, 2.75) is 28.2 Å². The van der Waals surface area contributed by atoms with E-state index in [1.165, 1.54) is 39.0 Å². The van der Waals surface area contributed by atoms with E-state index in [-0.39, 0.29) is 7.43 Å². The average molecular weight is 314 g/mol. The Balaban J connectivity index is 0.00000208. The van der Waals surface area contributed by atoms with Crippen molar-refractivity contribution in [3.8, 4) is 11.1 Å². The minimum atomic E-state index is 0. The van der Waals surface area contributed by atoms with Gasteiger partial charge in [-0.25, -0.2) is 0 Å². The quantitative estimate of drug-likeness (QED) is 0.485.